The Morgan fingerprint density at radius 3 is 2.32 bits per heavy atom. The van der Waals surface area contributed by atoms with Crippen molar-refractivity contribution in [2.24, 2.45) is 5.92 Å². The van der Waals surface area contributed by atoms with Gasteiger partial charge in [-0.3, -0.25) is 4.90 Å². The van der Waals surface area contributed by atoms with Crippen molar-refractivity contribution in [2.75, 3.05) is 20.3 Å². The topological polar surface area (TPSA) is 24.5 Å². The maximum absolute atomic E-state index is 5.77. The van der Waals surface area contributed by atoms with Crippen LogP contribution in [0.25, 0.3) is 0 Å². The number of fused-ring (bicyclic) bond motifs is 2. The van der Waals surface area contributed by atoms with Crippen LogP contribution in [0.15, 0.2) is 0 Å². The molecule has 0 amide bonds. The second-order valence-electron chi connectivity index (χ2n) is 6.61. The number of nitrogens with one attached hydrogen (secondary N) is 1. The van der Waals surface area contributed by atoms with Crippen molar-refractivity contribution in [3.05, 3.63) is 0 Å². The van der Waals surface area contributed by atoms with Gasteiger partial charge in [0.25, 0.3) is 0 Å². The first-order valence-corrected chi connectivity index (χ1v) is 8.19. The number of hydrogen-bond donors (Lipinski definition) is 1. The van der Waals surface area contributed by atoms with E-state index in [9.17, 15) is 0 Å². The van der Waals surface area contributed by atoms with Gasteiger partial charge in [0.2, 0.25) is 0 Å². The zero-order valence-corrected chi connectivity index (χ0v) is 13.2. The van der Waals surface area contributed by atoms with Crippen LogP contribution >= 0.6 is 0 Å². The van der Waals surface area contributed by atoms with Crippen molar-refractivity contribution in [2.45, 2.75) is 77.0 Å². The molecule has 3 unspecified atom stereocenters. The van der Waals surface area contributed by atoms with E-state index in [1.807, 2.05) is 0 Å². The quantitative estimate of drug-likeness (QED) is 0.801. The first-order valence-electron chi connectivity index (χ1n) is 8.19. The van der Waals surface area contributed by atoms with Crippen LogP contribution in [0, 0.1) is 5.92 Å². The van der Waals surface area contributed by atoms with E-state index in [4.69, 9.17) is 4.74 Å². The molecular formula is C16H32N2O. The van der Waals surface area contributed by atoms with Gasteiger partial charge in [-0.1, -0.05) is 20.3 Å². The summed E-state index contributed by atoms with van der Waals surface area (Å²) in [6.45, 7) is 8.55. The molecule has 112 valence electrons. The highest BCUT2D eigenvalue weighted by atomic mass is 16.5. The van der Waals surface area contributed by atoms with Crippen LogP contribution in [0.3, 0.4) is 0 Å². The predicted molar refractivity (Wildman–Crippen MR) is 80.5 cm³/mol. The summed E-state index contributed by atoms with van der Waals surface area (Å²) in [7, 11) is 2.12. The fourth-order valence-electron chi connectivity index (χ4n) is 4.06. The number of nitrogens with zero attached hydrogens (tertiary/aromatic N) is 1. The lowest BCUT2D eigenvalue weighted by Gasteiger charge is -2.53. The molecule has 1 N–H and O–H groups in total. The molecule has 2 saturated heterocycles. The molecule has 0 aromatic carbocycles. The van der Waals surface area contributed by atoms with E-state index in [0.29, 0.717) is 12.0 Å². The summed E-state index contributed by atoms with van der Waals surface area (Å²) in [5.41, 5.74) is 0. The van der Waals surface area contributed by atoms with Crippen molar-refractivity contribution in [3.63, 3.8) is 0 Å². The van der Waals surface area contributed by atoms with Crippen LogP contribution < -0.4 is 5.32 Å². The minimum atomic E-state index is 0.605. The highest BCUT2D eigenvalue weighted by Gasteiger charge is 2.41. The molecule has 19 heavy (non-hydrogen) atoms. The summed E-state index contributed by atoms with van der Waals surface area (Å²) in [4.78, 5) is 2.83. The molecule has 3 nitrogen and oxygen atoms in total. The largest absolute Gasteiger partial charge is 0.380 e. The summed E-state index contributed by atoms with van der Waals surface area (Å²) in [5.74, 6) is 0.681. The molecule has 2 fully saturated rings. The van der Waals surface area contributed by atoms with E-state index in [1.165, 1.54) is 32.1 Å². The minimum absolute atomic E-state index is 0.605. The van der Waals surface area contributed by atoms with E-state index in [-0.39, 0.29) is 0 Å². The lowest BCUT2D eigenvalue weighted by atomic mass is 9.79. The molecule has 0 aliphatic carbocycles. The van der Waals surface area contributed by atoms with E-state index in [1.54, 1.807) is 0 Å². The Labute approximate surface area is 119 Å². The number of rotatable bonds is 6. The second-order valence-corrected chi connectivity index (χ2v) is 6.61. The van der Waals surface area contributed by atoms with Crippen molar-refractivity contribution in [1.29, 1.82) is 0 Å². The van der Waals surface area contributed by atoms with Gasteiger partial charge in [0.1, 0.15) is 0 Å². The summed E-state index contributed by atoms with van der Waals surface area (Å²) >= 11 is 0. The number of ether oxygens (including phenoxy) is 1. The molecule has 2 rings (SSSR count). The third-order valence-electron chi connectivity index (χ3n) is 5.08. The summed E-state index contributed by atoms with van der Waals surface area (Å²) < 4.78 is 5.77. The van der Waals surface area contributed by atoms with Gasteiger partial charge >= 0.3 is 0 Å². The highest BCUT2D eigenvalue weighted by Crippen LogP contribution is 2.37. The molecule has 2 aliphatic heterocycles. The van der Waals surface area contributed by atoms with Crippen LogP contribution in [0.5, 0.6) is 0 Å². The maximum atomic E-state index is 5.77. The zero-order valence-electron chi connectivity index (χ0n) is 13.2. The Bertz CT molecular complexity index is 255. The van der Waals surface area contributed by atoms with E-state index in [2.05, 4.69) is 38.0 Å². The van der Waals surface area contributed by atoms with Gasteiger partial charge in [0, 0.05) is 30.8 Å². The SMILES string of the molecule is CCOCC(C(C)C)N1C2CCCC1CC(NC)C2. The first kappa shape index (κ1) is 15.3. The van der Waals surface area contributed by atoms with Gasteiger partial charge in [-0.15, -0.1) is 0 Å². The average Bonchev–Trinajstić information content (AvgIpc) is 2.38. The summed E-state index contributed by atoms with van der Waals surface area (Å²) in [5, 5.41) is 3.51. The Balaban J connectivity index is 2.08. The van der Waals surface area contributed by atoms with Gasteiger partial charge in [0.05, 0.1) is 6.61 Å². The fourth-order valence-corrected chi connectivity index (χ4v) is 4.06. The normalized spacial score (nSPS) is 33.6. The molecule has 0 aromatic heterocycles. The third-order valence-corrected chi connectivity index (χ3v) is 5.08. The number of piperidine rings is 2. The summed E-state index contributed by atoms with van der Waals surface area (Å²) in [6, 6.07) is 2.88. The average molecular weight is 268 g/mol. The zero-order chi connectivity index (χ0) is 13.8. The van der Waals surface area contributed by atoms with Crippen molar-refractivity contribution in [3.8, 4) is 0 Å². The molecule has 0 spiro atoms. The lowest BCUT2D eigenvalue weighted by molar-refractivity contribution is -0.0546. The Hall–Kier alpha value is -0.120. The van der Waals surface area contributed by atoms with E-state index < -0.39 is 0 Å². The molecule has 0 aromatic rings. The van der Waals surface area contributed by atoms with E-state index in [0.717, 1.165) is 31.3 Å². The Morgan fingerprint density at radius 1 is 1.21 bits per heavy atom. The van der Waals surface area contributed by atoms with Gasteiger partial charge in [-0.2, -0.15) is 0 Å². The lowest BCUT2D eigenvalue weighted by Crippen LogP contribution is -2.61. The number of hydrogen-bond acceptors (Lipinski definition) is 3. The summed E-state index contributed by atoms with van der Waals surface area (Å²) in [6.07, 6.45) is 6.82. The second kappa shape index (κ2) is 7.05. The maximum Gasteiger partial charge on any atom is 0.0624 e. The van der Waals surface area contributed by atoms with Gasteiger partial charge in [-0.25, -0.2) is 0 Å². The van der Waals surface area contributed by atoms with E-state index >= 15 is 0 Å². The van der Waals surface area contributed by atoms with Crippen LogP contribution in [-0.4, -0.2) is 49.3 Å². The monoisotopic (exact) mass is 268 g/mol. The Morgan fingerprint density at radius 2 is 1.84 bits per heavy atom. The van der Waals surface area contributed by atoms with Crippen LogP contribution in [0.1, 0.15) is 52.9 Å². The molecule has 2 heterocycles. The van der Waals surface area contributed by atoms with Crippen molar-refractivity contribution >= 4 is 0 Å². The van der Waals surface area contributed by atoms with Gasteiger partial charge in [-0.05, 0) is 45.6 Å². The predicted octanol–water partition coefficient (Wildman–Crippen LogP) is 2.65. The Kier molecular flexibility index (Phi) is 5.67. The van der Waals surface area contributed by atoms with Crippen LogP contribution in [0.4, 0.5) is 0 Å². The van der Waals surface area contributed by atoms with Gasteiger partial charge < -0.3 is 10.1 Å². The van der Waals surface area contributed by atoms with Crippen LogP contribution in [0.2, 0.25) is 0 Å². The van der Waals surface area contributed by atoms with Crippen molar-refractivity contribution in [1.82, 2.24) is 10.2 Å². The standard InChI is InChI=1S/C16H32N2O/c1-5-19-11-16(12(2)3)18-14-7-6-8-15(18)10-13(9-14)17-4/h12-17H,5-11H2,1-4H3. The first-order chi connectivity index (χ1) is 9.17. The molecular weight excluding hydrogens is 236 g/mol. The molecule has 3 heteroatoms. The smallest absolute Gasteiger partial charge is 0.0624 e. The van der Waals surface area contributed by atoms with Crippen molar-refractivity contribution < 1.29 is 4.74 Å². The third kappa shape index (κ3) is 3.50. The fraction of sp³-hybridized carbons (Fsp3) is 1.00. The van der Waals surface area contributed by atoms with Crippen LogP contribution in [-0.2, 0) is 4.74 Å². The highest BCUT2D eigenvalue weighted by molar-refractivity contribution is 4.98. The molecule has 2 bridgehead atoms. The molecule has 2 aliphatic rings. The molecule has 3 atom stereocenters. The minimum Gasteiger partial charge on any atom is -0.380 e. The van der Waals surface area contributed by atoms with Gasteiger partial charge in [0.15, 0.2) is 0 Å². The molecule has 0 radical (unpaired) electrons. The molecule has 0 saturated carbocycles.